The number of hydrogen-bond acceptors (Lipinski definition) is 4. The Bertz CT molecular complexity index is 696. The summed E-state index contributed by atoms with van der Waals surface area (Å²) in [7, 11) is 0. The van der Waals surface area contributed by atoms with Gasteiger partial charge in [-0.15, -0.1) is 0 Å². The molecule has 0 radical (unpaired) electrons. The van der Waals surface area contributed by atoms with E-state index in [0.717, 1.165) is 0 Å². The molecule has 0 aromatic carbocycles. The summed E-state index contributed by atoms with van der Waals surface area (Å²) >= 11 is 0. The predicted octanol–water partition coefficient (Wildman–Crippen LogP) is 1.77. The van der Waals surface area contributed by atoms with Gasteiger partial charge < -0.3 is 19.8 Å². The van der Waals surface area contributed by atoms with E-state index in [1.165, 1.54) is 12.3 Å². The van der Waals surface area contributed by atoms with Crippen molar-refractivity contribution in [3.63, 3.8) is 0 Å². The fraction of sp³-hybridized carbons (Fsp3) is 0.375. The van der Waals surface area contributed by atoms with Crippen LogP contribution in [0.25, 0.3) is 11.5 Å². The molecule has 2 heterocycles. The number of aliphatic hydroxyl groups excluding tert-OH is 1. The van der Waals surface area contributed by atoms with E-state index in [9.17, 15) is 14.7 Å². The molecule has 1 atom stereocenters. The van der Waals surface area contributed by atoms with E-state index in [1.54, 1.807) is 18.2 Å². The van der Waals surface area contributed by atoms with Crippen LogP contribution in [0, 0.1) is 5.41 Å². The van der Waals surface area contributed by atoms with Gasteiger partial charge in [0.15, 0.2) is 0 Å². The van der Waals surface area contributed by atoms with Crippen molar-refractivity contribution in [1.82, 2.24) is 10.3 Å². The first kappa shape index (κ1) is 16.0. The van der Waals surface area contributed by atoms with Gasteiger partial charge in [-0.25, -0.2) is 0 Å². The molecule has 0 fully saturated rings. The number of aliphatic hydroxyl groups is 1. The molecule has 0 saturated carbocycles. The minimum Gasteiger partial charge on any atom is -0.463 e. The van der Waals surface area contributed by atoms with Crippen LogP contribution >= 0.6 is 0 Å². The minimum absolute atomic E-state index is 0.00185. The number of rotatable bonds is 4. The zero-order valence-electron chi connectivity index (χ0n) is 12.8. The number of amides is 1. The van der Waals surface area contributed by atoms with Crippen LogP contribution in [-0.2, 0) is 0 Å². The molecular formula is C16H20N2O4. The Balaban J connectivity index is 2.22. The second-order valence-electron chi connectivity index (χ2n) is 6.17. The van der Waals surface area contributed by atoms with Crippen molar-refractivity contribution in [2.75, 3.05) is 6.61 Å². The van der Waals surface area contributed by atoms with E-state index < -0.39 is 17.5 Å². The lowest BCUT2D eigenvalue weighted by atomic mass is 9.87. The molecule has 2 aromatic rings. The van der Waals surface area contributed by atoms with Crippen molar-refractivity contribution in [1.29, 1.82) is 0 Å². The zero-order valence-corrected chi connectivity index (χ0v) is 12.8. The normalized spacial score (nSPS) is 12.9. The molecule has 22 heavy (non-hydrogen) atoms. The number of furan rings is 1. The van der Waals surface area contributed by atoms with Gasteiger partial charge in [-0.1, -0.05) is 20.8 Å². The second-order valence-corrected chi connectivity index (χ2v) is 6.17. The number of carbonyl (C=O) groups excluding carboxylic acids is 1. The monoisotopic (exact) mass is 304 g/mol. The van der Waals surface area contributed by atoms with Gasteiger partial charge in [0.25, 0.3) is 11.5 Å². The largest absolute Gasteiger partial charge is 0.463 e. The van der Waals surface area contributed by atoms with Crippen LogP contribution in [-0.4, -0.2) is 28.6 Å². The van der Waals surface area contributed by atoms with Crippen molar-refractivity contribution in [2.45, 2.75) is 26.8 Å². The van der Waals surface area contributed by atoms with Crippen LogP contribution in [0.4, 0.5) is 0 Å². The van der Waals surface area contributed by atoms with Crippen molar-refractivity contribution in [3.8, 4) is 11.5 Å². The highest BCUT2D eigenvalue weighted by Crippen LogP contribution is 2.19. The van der Waals surface area contributed by atoms with Crippen LogP contribution in [0.5, 0.6) is 0 Å². The Morgan fingerprint density at radius 1 is 1.36 bits per heavy atom. The summed E-state index contributed by atoms with van der Waals surface area (Å²) < 4.78 is 5.20. The molecule has 0 saturated heterocycles. The summed E-state index contributed by atoms with van der Waals surface area (Å²) in [6.45, 7) is 5.51. The van der Waals surface area contributed by atoms with Gasteiger partial charge in [-0.2, -0.15) is 0 Å². The minimum atomic E-state index is -0.513. The molecule has 0 unspecified atom stereocenters. The molecule has 1 amide bonds. The van der Waals surface area contributed by atoms with Gasteiger partial charge in [-0.05, 0) is 29.7 Å². The maximum atomic E-state index is 12.2. The maximum Gasteiger partial charge on any atom is 0.261 e. The SMILES string of the molecule is CC(C)(C)[C@@H](CO)NC(=O)c1ccc(-c2ccco2)[nH]c1=O. The van der Waals surface area contributed by atoms with Gasteiger partial charge in [-0.3, -0.25) is 9.59 Å². The van der Waals surface area contributed by atoms with Crippen molar-refractivity contribution in [2.24, 2.45) is 5.41 Å². The standard InChI is InChI=1S/C16H20N2O4/c1-16(2,3)13(9-19)18-15(21)10-6-7-11(17-14(10)20)12-5-4-8-22-12/h4-8,13,19H,9H2,1-3H3,(H,17,20)(H,18,21)/t13-/m1/s1. The van der Waals surface area contributed by atoms with E-state index >= 15 is 0 Å². The third-order valence-electron chi connectivity index (χ3n) is 3.47. The lowest BCUT2D eigenvalue weighted by molar-refractivity contribution is 0.0846. The molecule has 118 valence electrons. The molecule has 2 aromatic heterocycles. The van der Waals surface area contributed by atoms with Crippen molar-refractivity contribution in [3.05, 3.63) is 46.4 Å². The van der Waals surface area contributed by atoms with Gasteiger partial charge in [0.1, 0.15) is 11.3 Å². The van der Waals surface area contributed by atoms with Crippen LogP contribution in [0.2, 0.25) is 0 Å². The first-order valence-electron chi connectivity index (χ1n) is 7.02. The van der Waals surface area contributed by atoms with E-state index in [2.05, 4.69) is 10.3 Å². The van der Waals surface area contributed by atoms with Gasteiger partial charge in [0.05, 0.1) is 24.6 Å². The molecule has 0 spiro atoms. The Morgan fingerprint density at radius 2 is 2.09 bits per heavy atom. The fourth-order valence-corrected chi connectivity index (χ4v) is 2.00. The summed E-state index contributed by atoms with van der Waals surface area (Å²) in [6.07, 6.45) is 1.50. The number of pyridine rings is 1. The quantitative estimate of drug-likeness (QED) is 0.802. The summed E-state index contributed by atoms with van der Waals surface area (Å²) in [6, 6.07) is 6.04. The summed E-state index contributed by atoms with van der Waals surface area (Å²) in [4.78, 5) is 26.9. The average Bonchev–Trinajstić information content (AvgIpc) is 2.97. The van der Waals surface area contributed by atoms with Gasteiger partial charge in [0, 0.05) is 0 Å². The van der Waals surface area contributed by atoms with Crippen LogP contribution in [0.1, 0.15) is 31.1 Å². The maximum absolute atomic E-state index is 12.2. The third-order valence-corrected chi connectivity index (χ3v) is 3.47. The van der Waals surface area contributed by atoms with E-state index in [-0.39, 0.29) is 17.6 Å². The number of aromatic amines is 1. The molecule has 0 aliphatic heterocycles. The van der Waals surface area contributed by atoms with Crippen LogP contribution in [0.3, 0.4) is 0 Å². The smallest absolute Gasteiger partial charge is 0.261 e. The van der Waals surface area contributed by atoms with Crippen LogP contribution in [0.15, 0.2) is 39.7 Å². The molecule has 6 heteroatoms. The summed E-state index contributed by atoms with van der Waals surface area (Å²) in [5, 5.41) is 12.1. The lowest BCUT2D eigenvalue weighted by Gasteiger charge is -2.29. The first-order valence-corrected chi connectivity index (χ1v) is 7.02. The second kappa shape index (κ2) is 6.19. The molecule has 3 N–H and O–H groups in total. The van der Waals surface area contributed by atoms with Gasteiger partial charge >= 0.3 is 0 Å². The van der Waals surface area contributed by atoms with E-state index in [0.29, 0.717) is 11.5 Å². The lowest BCUT2D eigenvalue weighted by Crippen LogP contribution is -2.47. The first-order chi connectivity index (χ1) is 10.3. The zero-order chi connectivity index (χ0) is 16.3. The Kier molecular flexibility index (Phi) is 4.51. The molecule has 2 rings (SSSR count). The molecule has 0 aliphatic rings. The molecule has 6 nitrogen and oxygen atoms in total. The average molecular weight is 304 g/mol. The van der Waals surface area contributed by atoms with Crippen molar-refractivity contribution < 1.29 is 14.3 Å². The number of nitrogens with one attached hydrogen (secondary N) is 2. The predicted molar refractivity (Wildman–Crippen MR) is 82.6 cm³/mol. The number of hydrogen-bond donors (Lipinski definition) is 3. The topological polar surface area (TPSA) is 95.3 Å². The van der Waals surface area contributed by atoms with Crippen LogP contribution < -0.4 is 10.9 Å². The van der Waals surface area contributed by atoms with Gasteiger partial charge in [0.2, 0.25) is 0 Å². The Labute approximate surface area is 128 Å². The highest BCUT2D eigenvalue weighted by atomic mass is 16.3. The molecule has 0 bridgehead atoms. The highest BCUT2D eigenvalue weighted by Gasteiger charge is 2.26. The molecule has 0 aliphatic carbocycles. The van der Waals surface area contributed by atoms with E-state index in [1.807, 2.05) is 20.8 Å². The fourth-order valence-electron chi connectivity index (χ4n) is 2.00. The highest BCUT2D eigenvalue weighted by molar-refractivity contribution is 5.94. The Hall–Kier alpha value is -2.34. The number of carbonyl (C=O) groups is 1. The number of H-pyrrole nitrogens is 1. The summed E-state index contributed by atoms with van der Waals surface area (Å²) in [5.41, 5.74) is -0.318. The van der Waals surface area contributed by atoms with E-state index in [4.69, 9.17) is 4.42 Å². The third kappa shape index (κ3) is 3.46. The Morgan fingerprint density at radius 3 is 2.59 bits per heavy atom. The molecular weight excluding hydrogens is 284 g/mol. The number of aromatic nitrogens is 1. The summed E-state index contributed by atoms with van der Waals surface area (Å²) in [5.74, 6) is 0.00760. The van der Waals surface area contributed by atoms with Crippen molar-refractivity contribution >= 4 is 5.91 Å².